The zero-order chi connectivity index (χ0) is 21.4. The first-order valence-corrected chi connectivity index (χ1v) is 10.1. The molecule has 1 aliphatic heterocycles. The Kier molecular flexibility index (Phi) is 4.83. The average Bonchev–Trinajstić information content (AvgIpc) is 3.38. The summed E-state index contributed by atoms with van der Waals surface area (Å²) in [5, 5.41) is 6.11. The van der Waals surface area contributed by atoms with Crippen LogP contribution in [0.25, 0.3) is 21.8 Å². The molecule has 0 aliphatic carbocycles. The minimum Gasteiger partial charge on any atom is -0.345 e. The highest BCUT2D eigenvalue weighted by Gasteiger charge is 2.33. The molecule has 0 amide bonds. The number of rotatable bonds is 6. The lowest BCUT2D eigenvalue weighted by Crippen LogP contribution is -2.42. The number of anilines is 1. The van der Waals surface area contributed by atoms with Gasteiger partial charge >= 0.3 is 0 Å². The number of amidine groups is 1. The van der Waals surface area contributed by atoms with Crippen LogP contribution in [0.5, 0.6) is 0 Å². The molecule has 0 fully saturated rings. The molecule has 8 heteroatoms. The van der Waals surface area contributed by atoms with Gasteiger partial charge in [-0.3, -0.25) is 15.1 Å². The number of nitrogens with one attached hydrogen (secondary N) is 1. The summed E-state index contributed by atoms with van der Waals surface area (Å²) >= 11 is 0. The summed E-state index contributed by atoms with van der Waals surface area (Å²) in [4.78, 5) is 18.4. The van der Waals surface area contributed by atoms with Crippen molar-refractivity contribution >= 4 is 39.6 Å². The second-order valence-electron chi connectivity index (χ2n) is 7.42. The Hall–Kier alpha value is -3.78. The number of hydrazone groups is 1. The van der Waals surface area contributed by atoms with E-state index in [2.05, 4.69) is 10.5 Å². The number of hydrogen-bond donors (Lipinski definition) is 2. The van der Waals surface area contributed by atoms with E-state index in [4.69, 9.17) is 10.7 Å². The smallest absolute Gasteiger partial charge is 0.181 e. The Balaban J connectivity index is 1.65. The van der Waals surface area contributed by atoms with Gasteiger partial charge in [0.1, 0.15) is 11.5 Å². The van der Waals surface area contributed by atoms with E-state index >= 15 is 0 Å². The second-order valence-corrected chi connectivity index (χ2v) is 7.42. The Morgan fingerprint density at radius 2 is 2.03 bits per heavy atom. The number of fused-ring (bicyclic) bond motifs is 2. The van der Waals surface area contributed by atoms with Crippen molar-refractivity contribution in [3.63, 3.8) is 0 Å². The van der Waals surface area contributed by atoms with Crippen LogP contribution in [0.4, 0.5) is 10.1 Å². The van der Waals surface area contributed by atoms with Gasteiger partial charge in [-0.2, -0.15) is 5.10 Å². The maximum Gasteiger partial charge on any atom is 0.181 e. The number of nitrogens with two attached hydrogens (primary N) is 1. The maximum atomic E-state index is 14.2. The Labute approximate surface area is 178 Å². The Morgan fingerprint density at radius 3 is 2.87 bits per heavy atom. The lowest BCUT2D eigenvalue weighted by molar-refractivity contribution is -0.109. The molecule has 0 spiro atoms. The van der Waals surface area contributed by atoms with Crippen molar-refractivity contribution < 1.29 is 9.18 Å². The maximum absolute atomic E-state index is 14.2. The molecule has 1 unspecified atom stereocenters. The normalized spacial score (nSPS) is 16.0. The fourth-order valence-corrected chi connectivity index (χ4v) is 3.99. The first-order valence-electron chi connectivity index (χ1n) is 10.1. The van der Waals surface area contributed by atoms with E-state index in [1.807, 2.05) is 47.2 Å². The minimum absolute atomic E-state index is 0.345. The average molecular weight is 416 g/mol. The van der Waals surface area contributed by atoms with Gasteiger partial charge in [0, 0.05) is 23.5 Å². The molecule has 7 nitrogen and oxygen atoms in total. The molecule has 3 heterocycles. The van der Waals surface area contributed by atoms with Gasteiger partial charge in [0.05, 0.1) is 16.7 Å². The van der Waals surface area contributed by atoms with Gasteiger partial charge in [0.2, 0.25) is 0 Å². The third-order valence-electron chi connectivity index (χ3n) is 5.45. The number of para-hydroxylation sites is 1. The standard InChI is InChI=1S/C23H21FN6O/c24-16-7-9-20-17(12-16)21(13-29(20)11-3-10-25)30-22(14-31)27-28-23(30)19-8-6-15-4-1-2-5-18(15)26-19/h1-2,4-9,12-14,22,27H,3,10-11,25H2. The zero-order valence-electron chi connectivity index (χ0n) is 16.7. The number of aryl methyl sites for hydroxylation is 1. The number of halogens is 1. The Morgan fingerprint density at radius 1 is 1.16 bits per heavy atom. The highest BCUT2D eigenvalue weighted by molar-refractivity contribution is 6.16. The van der Waals surface area contributed by atoms with Crippen LogP contribution in [0.2, 0.25) is 0 Å². The van der Waals surface area contributed by atoms with E-state index in [-0.39, 0.29) is 5.82 Å². The van der Waals surface area contributed by atoms with Crippen LogP contribution in [0, 0.1) is 5.82 Å². The van der Waals surface area contributed by atoms with Gasteiger partial charge in [0.25, 0.3) is 0 Å². The van der Waals surface area contributed by atoms with Crippen molar-refractivity contribution in [3.8, 4) is 0 Å². The van der Waals surface area contributed by atoms with Crippen molar-refractivity contribution in [2.24, 2.45) is 10.8 Å². The largest absolute Gasteiger partial charge is 0.345 e. The van der Waals surface area contributed by atoms with E-state index in [0.717, 1.165) is 29.1 Å². The van der Waals surface area contributed by atoms with Gasteiger partial charge in [-0.15, -0.1) is 0 Å². The second kappa shape index (κ2) is 7.81. The number of hydrogen-bond acceptors (Lipinski definition) is 6. The van der Waals surface area contributed by atoms with Crippen molar-refractivity contribution in [1.82, 2.24) is 15.0 Å². The SMILES string of the molecule is NCCCn1cc(N2C(c3ccc4ccccc4n3)=NNC2C=O)c2cc(F)ccc21. The minimum atomic E-state index is -0.722. The molecular weight excluding hydrogens is 395 g/mol. The monoisotopic (exact) mass is 416 g/mol. The van der Waals surface area contributed by atoms with Gasteiger partial charge in [0.15, 0.2) is 18.3 Å². The molecule has 2 aromatic heterocycles. The van der Waals surface area contributed by atoms with Crippen LogP contribution < -0.4 is 16.1 Å². The van der Waals surface area contributed by atoms with E-state index in [0.29, 0.717) is 35.7 Å². The number of benzene rings is 2. The third-order valence-corrected chi connectivity index (χ3v) is 5.45. The number of nitrogens with zero attached hydrogens (tertiary/aromatic N) is 4. The van der Waals surface area contributed by atoms with Crippen LogP contribution in [0.15, 0.2) is 65.9 Å². The van der Waals surface area contributed by atoms with Gasteiger partial charge in [-0.05, 0) is 43.3 Å². The predicted molar refractivity (Wildman–Crippen MR) is 119 cm³/mol. The molecule has 1 atom stereocenters. The van der Waals surface area contributed by atoms with Crippen LogP contribution in [-0.4, -0.2) is 34.4 Å². The van der Waals surface area contributed by atoms with Gasteiger partial charge in [-0.25, -0.2) is 9.37 Å². The van der Waals surface area contributed by atoms with Gasteiger partial charge < -0.3 is 10.3 Å². The third kappa shape index (κ3) is 3.30. The molecule has 3 N–H and O–H groups in total. The van der Waals surface area contributed by atoms with Crippen LogP contribution in [0.3, 0.4) is 0 Å². The molecule has 0 saturated carbocycles. The zero-order valence-corrected chi connectivity index (χ0v) is 16.7. The molecule has 156 valence electrons. The molecular formula is C23H21FN6O. The van der Waals surface area contributed by atoms with Crippen LogP contribution in [-0.2, 0) is 11.3 Å². The van der Waals surface area contributed by atoms with Crippen molar-refractivity contribution in [2.45, 2.75) is 19.1 Å². The molecule has 31 heavy (non-hydrogen) atoms. The summed E-state index contributed by atoms with van der Waals surface area (Å²) in [6.45, 7) is 1.23. The lowest BCUT2D eigenvalue weighted by Gasteiger charge is -2.22. The van der Waals surface area contributed by atoms with Crippen molar-refractivity contribution in [3.05, 3.63) is 72.3 Å². The number of carbonyl (C=O) groups excluding carboxylic acids is 1. The fourth-order valence-electron chi connectivity index (χ4n) is 3.99. The summed E-state index contributed by atoms with van der Waals surface area (Å²) in [5.41, 5.74) is 11.6. The molecule has 4 aromatic rings. The van der Waals surface area contributed by atoms with Crippen molar-refractivity contribution in [2.75, 3.05) is 11.4 Å². The molecule has 0 radical (unpaired) electrons. The highest BCUT2D eigenvalue weighted by Crippen LogP contribution is 2.33. The number of aromatic nitrogens is 2. The summed E-state index contributed by atoms with van der Waals surface area (Å²) in [5.74, 6) is 0.160. The lowest BCUT2D eigenvalue weighted by atomic mass is 10.1. The summed E-state index contributed by atoms with van der Waals surface area (Å²) in [7, 11) is 0. The van der Waals surface area contributed by atoms with Crippen molar-refractivity contribution in [1.29, 1.82) is 0 Å². The molecule has 0 bridgehead atoms. The predicted octanol–water partition coefficient (Wildman–Crippen LogP) is 2.97. The number of carbonyl (C=O) groups is 1. The molecule has 0 saturated heterocycles. The van der Waals surface area contributed by atoms with E-state index in [1.54, 1.807) is 11.0 Å². The van der Waals surface area contributed by atoms with Crippen LogP contribution in [0.1, 0.15) is 12.1 Å². The molecule has 2 aromatic carbocycles. The van der Waals surface area contributed by atoms with Gasteiger partial charge in [-0.1, -0.05) is 24.3 Å². The first-order chi connectivity index (χ1) is 15.2. The Bertz CT molecular complexity index is 1310. The number of aldehydes is 1. The summed E-state index contributed by atoms with van der Waals surface area (Å²) in [6, 6.07) is 16.3. The topological polar surface area (TPSA) is 88.5 Å². The highest BCUT2D eigenvalue weighted by atomic mass is 19.1. The quantitative estimate of drug-likeness (QED) is 0.472. The first kappa shape index (κ1) is 19.2. The summed E-state index contributed by atoms with van der Waals surface area (Å²) < 4.78 is 16.2. The molecule has 1 aliphatic rings. The van der Waals surface area contributed by atoms with E-state index in [9.17, 15) is 9.18 Å². The van der Waals surface area contributed by atoms with E-state index in [1.165, 1.54) is 12.1 Å². The van der Waals surface area contributed by atoms with E-state index < -0.39 is 6.17 Å². The van der Waals surface area contributed by atoms with Crippen LogP contribution >= 0.6 is 0 Å². The summed E-state index contributed by atoms with van der Waals surface area (Å²) in [6.07, 6.45) is 2.75. The number of pyridine rings is 1. The molecule has 5 rings (SSSR count). The fraction of sp³-hybridized carbons (Fsp3) is 0.174.